The molecule has 5 heteroatoms. The summed E-state index contributed by atoms with van der Waals surface area (Å²) in [7, 11) is 0. The molecule has 1 aromatic rings. The Hall–Kier alpha value is -1.36. The number of carbonyl (C=O) groups is 2. The summed E-state index contributed by atoms with van der Waals surface area (Å²) < 4.78 is 0. The molecule has 0 aliphatic rings. The minimum Gasteiger partial charge on any atom is -0.481 e. The second kappa shape index (κ2) is 5.82. The fourth-order valence-corrected chi connectivity index (χ4v) is 2.18. The first-order valence-electron chi connectivity index (χ1n) is 5.44. The van der Waals surface area contributed by atoms with Gasteiger partial charge in [-0.2, -0.15) is 0 Å². The maximum atomic E-state index is 11.7. The minimum absolute atomic E-state index is 0.0618. The SMILES string of the molecule is CC(C)(CCC(=O)O)NC(=O)Cc1cccs1. The average molecular weight is 255 g/mol. The fraction of sp³-hybridized carbons (Fsp3) is 0.500. The second-order valence-electron chi connectivity index (χ2n) is 4.58. The lowest BCUT2D eigenvalue weighted by molar-refractivity contribution is -0.137. The van der Waals surface area contributed by atoms with Crippen LogP contribution in [0, 0.1) is 0 Å². The predicted octanol–water partition coefficient (Wildman–Crippen LogP) is 2.05. The van der Waals surface area contributed by atoms with Crippen LogP contribution in [0.3, 0.4) is 0 Å². The Morgan fingerprint density at radius 1 is 1.47 bits per heavy atom. The number of carbonyl (C=O) groups excluding carboxylic acids is 1. The molecular formula is C12H17NO3S. The molecule has 0 aromatic carbocycles. The molecule has 0 atom stereocenters. The molecule has 1 amide bonds. The first-order valence-corrected chi connectivity index (χ1v) is 6.32. The Kier molecular flexibility index (Phi) is 4.69. The van der Waals surface area contributed by atoms with Crippen LogP contribution in [0.4, 0.5) is 0 Å². The molecule has 0 radical (unpaired) electrons. The lowest BCUT2D eigenvalue weighted by Crippen LogP contribution is -2.44. The van der Waals surface area contributed by atoms with E-state index in [0.29, 0.717) is 12.8 Å². The predicted molar refractivity (Wildman–Crippen MR) is 67.1 cm³/mol. The normalized spacial score (nSPS) is 11.2. The van der Waals surface area contributed by atoms with Crippen molar-refractivity contribution in [2.45, 2.75) is 38.6 Å². The van der Waals surface area contributed by atoms with Crippen LogP contribution in [-0.2, 0) is 16.0 Å². The van der Waals surface area contributed by atoms with Gasteiger partial charge in [0.1, 0.15) is 0 Å². The Bertz CT molecular complexity index is 384. The summed E-state index contributed by atoms with van der Waals surface area (Å²) in [6, 6.07) is 3.82. The number of amides is 1. The van der Waals surface area contributed by atoms with Crippen molar-refractivity contribution in [3.8, 4) is 0 Å². The van der Waals surface area contributed by atoms with Gasteiger partial charge in [-0.3, -0.25) is 9.59 Å². The monoisotopic (exact) mass is 255 g/mol. The van der Waals surface area contributed by atoms with E-state index in [1.54, 1.807) is 11.3 Å². The van der Waals surface area contributed by atoms with Gasteiger partial charge in [0.05, 0.1) is 6.42 Å². The Morgan fingerprint density at radius 3 is 2.71 bits per heavy atom. The summed E-state index contributed by atoms with van der Waals surface area (Å²) in [5, 5.41) is 13.4. The quantitative estimate of drug-likeness (QED) is 0.817. The smallest absolute Gasteiger partial charge is 0.303 e. The van der Waals surface area contributed by atoms with Crippen molar-refractivity contribution < 1.29 is 14.7 Å². The van der Waals surface area contributed by atoms with Crippen molar-refractivity contribution in [1.82, 2.24) is 5.32 Å². The molecule has 0 unspecified atom stereocenters. The molecule has 0 fully saturated rings. The molecule has 1 rings (SSSR count). The summed E-state index contributed by atoms with van der Waals surface area (Å²) >= 11 is 1.54. The van der Waals surface area contributed by atoms with Crippen LogP contribution in [0.25, 0.3) is 0 Å². The van der Waals surface area contributed by atoms with Gasteiger partial charge < -0.3 is 10.4 Å². The molecule has 94 valence electrons. The van der Waals surface area contributed by atoms with E-state index in [-0.39, 0.29) is 12.3 Å². The number of carboxylic acid groups (broad SMARTS) is 1. The summed E-state index contributed by atoms with van der Waals surface area (Å²) in [4.78, 5) is 23.2. The third kappa shape index (κ3) is 5.49. The molecule has 0 saturated carbocycles. The standard InChI is InChI=1S/C12H17NO3S/c1-12(2,6-5-11(15)16)13-10(14)8-9-4-3-7-17-9/h3-4,7H,5-6,8H2,1-2H3,(H,13,14)(H,15,16). The molecule has 1 heterocycles. The summed E-state index contributed by atoms with van der Waals surface area (Å²) in [6.45, 7) is 3.67. The topological polar surface area (TPSA) is 66.4 Å². The summed E-state index contributed by atoms with van der Waals surface area (Å²) in [6.07, 6.45) is 0.846. The molecule has 0 spiro atoms. The van der Waals surface area contributed by atoms with E-state index < -0.39 is 11.5 Å². The Morgan fingerprint density at radius 2 is 2.18 bits per heavy atom. The molecule has 2 N–H and O–H groups in total. The number of hydrogen-bond donors (Lipinski definition) is 2. The van der Waals surface area contributed by atoms with E-state index in [4.69, 9.17) is 5.11 Å². The van der Waals surface area contributed by atoms with Gasteiger partial charge in [0.25, 0.3) is 0 Å². The van der Waals surface area contributed by atoms with E-state index in [9.17, 15) is 9.59 Å². The molecule has 1 aromatic heterocycles. The van der Waals surface area contributed by atoms with Crippen LogP contribution in [0.2, 0.25) is 0 Å². The lowest BCUT2D eigenvalue weighted by atomic mass is 9.98. The number of nitrogens with one attached hydrogen (secondary N) is 1. The second-order valence-corrected chi connectivity index (χ2v) is 5.61. The highest BCUT2D eigenvalue weighted by atomic mass is 32.1. The molecular weight excluding hydrogens is 238 g/mol. The van der Waals surface area contributed by atoms with Crippen molar-refractivity contribution in [1.29, 1.82) is 0 Å². The van der Waals surface area contributed by atoms with Gasteiger partial charge in [0, 0.05) is 16.8 Å². The van der Waals surface area contributed by atoms with Crippen LogP contribution < -0.4 is 5.32 Å². The highest BCUT2D eigenvalue weighted by Crippen LogP contribution is 2.13. The van der Waals surface area contributed by atoms with Crippen molar-refractivity contribution >= 4 is 23.2 Å². The van der Waals surface area contributed by atoms with Gasteiger partial charge in [0.2, 0.25) is 5.91 Å². The van der Waals surface area contributed by atoms with E-state index >= 15 is 0 Å². The van der Waals surface area contributed by atoms with Gasteiger partial charge in [-0.05, 0) is 31.7 Å². The largest absolute Gasteiger partial charge is 0.481 e. The molecule has 0 aliphatic carbocycles. The van der Waals surface area contributed by atoms with Gasteiger partial charge in [-0.15, -0.1) is 11.3 Å². The average Bonchev–Trinajstić information content (AvgIpc) is 2.66. The summed E-state index contributed by atoms with van der Waals surface area (Å²) in [5.74, 6) is -0.909. The van der Waals surface area contributed by atoms with E-state index in [0.717, 1.165) is 4.88 Å². The zero-order valence-electron chi connectivity index (χ0n) is 10.0. The van der Waals surface area contributed by atoms with Crippen LogP contribution in [0.5, 0.6) is 0 Å². The van der Waals surface area contributed by atoms with Gasteiger partial charge in [0.15, 0.2) is 0 Å². The van der Waals surface area contributed by atoms with Crippen molar-refractivity contribution in [3.63, 3.8) is 0 Å². The minimum atomic E-state index is -0.842. The molecule has 0 aliphatic heterocycles. The molecule has 4 nitrogen and oxygen atoms in total. The first-order chi connectivity index (χ1) is 7.89. The zero-order valence-corrected chi connectivity index (χ0v) is 10.8. The van der Waals surface area contributed by atoms with Gasteiger partial charge in [-0.25, -0.2) is 0 Å². The lowest BCUT2D eigenvalue weighted by Gasteiger charge is -2.25. The Balaban J connectivity index is 2.41. The molecule has 17 heavy (non-hydrogen) atoms. The molecule has 0 saturated heterocycles. The number of carboxylic acids is 1. The van der Waals surface area contributed by atoms with E-state index in [1.807, 2.05) is 31.4 Å². The third-order valence-corrected chi connectivity index (χ3v) is 3.23. The Labute approximate surface area is 105 Å². The van der Waals surface area contributed by atoms with E-state index in [1.165, 1.54) is 0 Å². The van der Waals surface area contributed by atoms with Crippen molar-refractivity contribution in [3.05, 3.63) is 22.4 Å². The zero-order chi connectivity index (χ0) is 12.9. The summed E-state index contributed by atoms with van der Waals surface area (Å²) in [5.41, 5.74) is -0.479. The molecule has 0 bridgehead atoms. The van der Waals surface area contributed by atoms with Crippen LogP contribution in [-0.4, -0.2) is 22.5 Å². The third-order valence-electron chi connectivity index (χ3n) is 2.36. The van der Waals surface area contributed by atoms with Crippen molar-refractivity contribution in [2.24, 2.45) is 0 Å². The van der Waals surface area contributed by atoms with Gasteiger partial charge >= 0.3 is 5.97 Å². The highest BCUT2D eigenvalue weighted by Gasteiger charge is 2.21. The number of rotatable bonds is 6. The van der Waals surface area contributed by atoms with E-state index in [2.05, 4.69) is 5.32 Å². The van der Waals surface area contributed by atoms with Crippen molar-refractivity contribution in [2.75, 3.05) is 0 Å². The number of thiophene rings is 1. The maximum absolute atomic E-state index is 11.7. The van der Waals surface area contributed by atoms with Crippen LogP contribution >= 0.6 is 11.3 Å². The fourth-order valence-electron chi connectivity index (χ4n) is 1.47. The first kappa shape index (κ1) is 13.7. The van der Waals surface area contributed by atoms with Gasteiger partial charge in [-0.1, -0.05) is 6.07 Å². The van der Waals surface area contributed by atoms with Crippen LogP contribution in [0.15, 0.2) is 17.5 Å². The number of hydrogen-bond acceptors (Lipinski definition) is 3. The number of aliphatic carboxylic acids is 1. The highest BCUT2D eigenvalue weighted by molar-refractivity contribution is 7.10. The maximum Gasteiger partial charge on any atom is 0.303 e. The van der Waals surface area contributed by atoms with Crippen LogP contribution in [0.1, 0.15) is 31.6 Å².